The van der Waals surface area contributed by atoms with Crippen LogP contribution >= 0.6 is 0 Å². The Morgan fingerprint density at radius 3 is 2.12 bits per heavy atom. The van der Waals surface area contributed by atoms with Crippen molar-refractivity contribution in [3.63, 3.8) is 0 Å². The van der Waals surface area contributed by atoms with Gasteiger partial charge < -0.3 is 30.8 Å². The topological polar surface area (TPSA) is 164 Å². The predicted octanol–water partition coefficient (Wildman–Crippen LogP) is 2.53. The molecule has 2 aromatic heterocycles. The highest BCUT2D eigenvalue weighted by Gasteiger charge is 2.38. The number of aliphatic carboxylic acids is 2. The van der Waals surface area contributed by atoms with Gasteiger partial charge in [0.25, 0.3) is 0 Å². The van der Waals surface area contributed by atoms with Crippen LogP contribution in [0.4, 0.5) is 0 Å². The van der Waals surface area contributed by atoms with Crippen LogP contribution in [-0.2, 0) is 38.4 Å². The van der Waals surface area contributed by atoms with Gasteiger partial charge in [0.15, 0.2) is 0 Å². The van der Waals surface area contributed by atoms with Crippen LogP contribution in [0.15, 0.2) is 11.1 Å². The lowest BCUT2D eigenvalue weighted by Crippen LogP contribution is -2.31. The van der Waals surface area contributed by atoms with Crippen LogP contribution in [0, 0.1) is 25.7 Å². The number of nitrogens with one attached hydrogen (secondary N) is 4. The van der Waals surface area contributed by atoms with Gasteiger partial charge in [-0.3, -0.25) is 19.2 Å². The summed E-state index contributed by atoms with van der Waals surface area (Å²) >= 11 is 0. The second kappa shape index (κ2) is 13.1. The Morgan fingerprint density at radius 2 is 1.53 bits per heavy atom. The first-order chi connectivity index (χ1) is 20.4. The second-order valence-corrected chi connectivity index (χ2v) is 11.9. The third kappa shape index (κ3) is 6.63. The maximum atomic E-state index is 12.4. The second-order valence-electron chi connectivity index (χ2n) is 11.9. The number of H-pyrrole nitrogens is 2. The van der Waals surface area contributed by atoms with E-state index in [0.29, 0.717) is 25.7 Å². The van der Waals surface area contributed by atoms with E-state index in [9.17, 15) is 29.4 Å². The molecular weight excluding hydrogens is 548 g/mol. The zero-order valence-electron chi connectivity index (χ0n) is 25.9. The number of hydrogen-bond donors (Lipinski definition) is 6. The van der Waals surface area contributed by atoms with E-state index in [0.717, 1.165) is 61.9 Å². The Morgan fingerprint density at radius 1 is 0.884 bits per heavy atom. The Bertz CT molecular complexity index is 1590. The molecule has 0 aliphatic carbocycles. The lowest BCUT2D eigenvalue weighted by atomic mass is 9.87. The van der Waals surface area contributed by atoms with Crippen molar-refractivity contribution in [1.82, 2.24) is 20.6 Å². The molecule has 2 amide bonds. The number of carboxylic acid groups (broad SMARTS) is 2. The van der Waals surface area contributed by atoms with Crippen molar-refractivity contribution in [1.29, 1.82) is 0 Å². The summed E-state index contributed by atoms with van der Waals surface area (Å²) in [4.78, 5) is 54.9. The van der Waals surface area contributed by atoms with Gasteiger partial charge in [0.2, 0.25) is 11.8 Å². The molecule has 4 atom stereocenters. The molecule has 0 aromatic carbocycles. The largest absolute Gasteiger partial charge is 0.481 e. The van der Waals surface area contributed by atoms with Crippen molar-refractivity contribution < 1.29 is 29.4 Å². The van der Waals surface area contributed by atoms with E-state index in [1.54, 1.807) is 0 Å². The van der Waals surface area contributed by atoms with Gasteiger partial charge >= 0.3 is 11.9 Å². The molecule has 4 rings (SSSR count). The van der Waals surface area contributed by atoms with E-state index in [-0.39, 0.29) is 48.6 Å². The molecule has 0 spiro atoms. The number of carboxylic acids is 2. The summed E-state index contributed by atoms with van der Waals surface area (Å²) in [6, 6.07) is -0.281. The van der Waals surface area contributed by atoms with E-state index >= 15 is 0 Å². The molecule has 232 valence electrons. The van der Waals surface area contributed by atoms with Crippen LogP contribution in [0.3, 0.4) is 0 Å². The number of carbonyl (C=O) groups excluding carboxylic acids is 2. The quantitative estimate of drug-likeness (QED) is 0.222. The maximum Gasteiger partial charge on any atom is 0.303 e. The predicted molar refractivity (Wildman–Crippen MR) is 164 cm³/mol. The molecule has 2 unspecified atom stereocenters. The fraction of sp³-hybridized carbons (Fsp3) is 0.515. The van der Waals surface area contributed by atoms with Crippen molar-refractivity contribution in [2.45, 2.75) is 98.6 Å². The summed E-state index contributed by atoms with van der Waals surface area (Å²) < 4.78 is 0. The smallest absolute Gasteiger partial charge is 0.303 e. The Kier molecular flexibility index (Phi) is 9.67. The molecule has 0 radical (unpaired) electrons. The Balaban J connectivity index is 1.82. The summed E-state index contributed by atoms with van der Waals surface area (Å²) in [6.07, 6.45) is 6.60. The van der Waals surface area contributed by atoms with E-state index < -0.39 is 11.9 Å². The molecule has 10 heteroatoms. The van der Waals surface area contributed by atoms with Crippen LogP contribution in [0.2, 0.25) is 0 Å². The monoisotopic (exact) mass is 592 g/mol. The number of aromatic amines is 2. The maximum absolute atomic E-state index is 12.4. The number of carbonyl (C=O) groups is 4. The van der Waals surface area contributed by atoms with Crippen molar-refractivity contribution in [3.8, 4) is 0 Å². The zero-order chi connectivity index (χ0) is 31.6. The average molecular weight is 593 g/mol. The molecule has 0 saturated carbocycles. The van der Waals surface area contributed by atoms with Crippen molar-refractivity contribution in [3.05, 3.63) is 55.5 Å². The van der Waals surface area contributed by atoms with Crippen LogP contribution in [0.25, 0.3) is 12.2 Å². The van der Waals surface area contributed by atoms with Crippen LogP contribution in [0.5, 0.6) is 0 Å². The summed E-state index contributed by atoms with van der Waals surface area (Å²) in [6.45, 7) is 11.9. The van der Waals surface area contributed by atoms with Crippen LogP contribution in [0.1, 0.15) is 87.0 Å². The molecule has 0 bridgehead atoms. The van der Waals surface area contributed by atoms with Gasteiger partial charge in [-0.15, -0.1) is 0 Å². The van der Waals surface area contributed by atoms with E-state index in [4.69, 9.17) is 0 Å². The third-order valence-electron chi connectivity index (χ3n) is 9.42. The van der Waals surface area contributed by atoms with E-state index in [1.165, 1.54) is 0 Å². The molecule has 2 aromatic rings. The SMILES string of the molecule is CCC1=C(C)C(/C=c2/[nH]/c(=C\c3[nH]c(CC4NC(=O)[C@H](C)[C@H]4CC)c(C)c3CCC(=O)O)c(CCC(=O)O)c2C)NC1=O. The third-order valence-corrected chi connectivity index (χ3v) is 9.42. The molecule has 10 nitrogen and oxygen atoms in total. The number of amides is 2. The summed E-state index contributed by atoms with van der Waals surface area (Å²) in [5.74, 6) is -1.66. The van der Waals surface area contributed by atoms with Crippen LogP contribution in [-0.4, -0.2) is 56.0 Å². The Hall–Kier alpha value is -4.08. The summed E-state index contributed by atoms with van der Waals surface area (Å²) in [5, 5.41) is 26.6. The highest BCUT2D eigenvalue weighted by atomic mass is 16.4. The lowest BCUT2D eigenvalue weighted by molar-refractivity contribution is -0.138. The standard InChI is InChI=1S/C33H44N4O6/c1-7-20-19(6)32(42)37-27(20)14-25-18(5)23(10-12-31(40)41)29(35-25)15-28-22(9-11-30(38)39)17(4)24(34-28)13-26-16(3)21(8-2)33(43)36-26/h13,15,19-20,26-27,34-35H,7-12,14H2,1-6H3,(H,36,43)(H,37,42)(H,38,39)(H,40,41)/b24-13+,28-15-/t19-,20-,26?,27?/m1/s1. The van der Waals surface area contributed by atoms with Crippen LogP contribution < -0.4 is 21.3 Å². The van der Waals surface area contributed by atoms with Gasteiger partial charge in [-0.05, 0) is 85.9 Å². The summed E-state index contributed by atoms with van der Waals surface area (Å²) in [7, 11) is 0. The van der Waals surface area contributed by atoms with E-state index in [1.807, 2.05) is 46.8 Å². The first-order valence-corrected chi connectivity index (χ1v) is 15.2. The van der Waals surface area contributed by atoms with Gasteiger partial charge in [0.1, 0.15) is 0 Å². The minimum atomic E-state index is -0.898. The minimum absolute atomic E-state index is 0.0176. The molecule has 43 heavy (non-hydrogen) atoms. The van der Waals surface area contributed by atoms with E-state index in [2.05, 4.69) is 27.5 Å². The normalized spacial score (nSPS) is 22.9. The van der Waals surface area contributed by atoms with Crippen molar-refractivity contribution in [2.75, 3.05) is 0 Å². The number of aromatic nitrogens is 2. The molecule has 4 heterocycles. The van der Waals surface area contributed by atoms with Gasteiger partial charge in [0.05, 0.1) is 6.04 Å². The molecule has 1 fully saturated rings. The zero-order valence-corrected chi connectivity index (χ0v) is 25.9. The highest BCUT2D eigenvalue weighted by Crippen LogP contribution is 2.30. The molecular formula is C33H44N4O6. The fourth-order valence-electron chi connectivity index (χ4n) is 6.77. The first kappa shape index (κ1) is 31.8. The highest BCUT2D eigenvalue weighted by molar-refractivity contribution is 5.98. The van der Waals surface area contributed by atoms with Gasteiger partial charge in [-0.1, -0.05) is 27.2 Å². The lowest BCUT2D eigenvalue weighted by Gasteiger charge is -2.19. The average Bonchev–Trinajstić information content (AvgIpc) is 3.59. The molecule has 2 aliphatic heterocycles. The van der Waals surface area contributed by atoms with Gasteiger partial charge in [-0.25, -0.2) is 0 Å². The van der Waals surface area contributed by atoms with Gasteiger partial charge in [0, 0.05) is 58.9 Å². The molecule has 1 saturated heterocycles. The van der Waals surface area contributed by atoms with Gasteiger partial charge in [-0.2, -0.15) is 0 Å². The fourth-order valence-corrected chi connectivity index (χ4v) is 6.77. The van der Waals surface area contributed by atoms with Crippen molar-refractivity contribution >= 4 is 35.9 Å². The minimum Gasteiger partial charge on any atom is -0.481 e. The first-order valence-electron chi connectivity index (χ1n) is 15.2. The molecule has 2 aliphatic rings. The number of rotatable bonds is 12. The molecule has 6 N–H and O–H groups in total. The summed E-state index contributed by atoms with van der Waals surface area (Å²) in [5.41, 5.74) is 7.09. The van der Waals surface area contributed by atoms with Crippen molar-refractivity contribution in [2.24, 2.45) is 11.8 Å². The number of hydrogen-bond acceptors (Lipinski definition) is 4. The Labute approximate surface area is 251 Å².